The molecule has 152 valence electrons. The number of carbonyl (C=O) groups is 1. The molecule has 0 unspecified atom stereocenters. The molecule has 0 atom stereocenters. The van der Waals surface area contributed by atoms with Crippen LogP contribution in [0.3, 0.4) is 0 Å². The van der Waals surface area contributed by atoms with Crippen molar-refractivity contribution in [1.82, 2.24) is 4.98 Å². The molecule has 0 bridgehead atoms. The van der Waals surface area contributed by atoms with Gasteiger partial charge < -0.3 is 20.5 Å². The second kappa shape index (κ2) is 7.53. The molecule has 1 aromatic heterocycles. The summed E-state index contributed by atoms with van der Waals surface area (Å²) in [4.78, 5) is 14.0. The number of aryl methyl sites for hydroxylation is 1. The molecule has 0 aliphatic carbocycles. The van der Waals surface area contributed by atoms with E-state index in [0.29, 0.717) is 16.5 Å². The maximum atomic E-state index is 11.5. The largest absolute Gasteiger partial charge is 0.506 e. The Morgan fingerprint density at radius 3 is 2.59 bits per heavy atom. The first-order valence-corrected chi connectivity index (χ1v) is 10.1. The quantitative estimate of drug-likeness (QED) is 0.317. The molecular formula is C18H19N5O5S. The molecule has 0 radical (unpaired) electrons. The SMILES string of the molecule is CC(=O)Nc1cc2c(N=Nc3ccc(C)cc3CS(N)(=O)=O)c(O)[nH]c2cc1O. The lowest BCUT2D eigenvalue weighted by atomic mass is 10.1. The number of benzene rings is 2. The van der Waals surface area contributed by atoms with Crippen LogP contribution in [0.4, 0.5) is 17.1 Å². The van der Waals surface area contributed by atoms with Crippen LogP contribution < -0.4 is 10.5 Å². The average Bonchev–Trinajstić information content (AvgIpc) is 2.87. The van der Waals surface area contributed by atoms with Gasteiger partial charge in [-0.2, -0.15) is 5.11 Å². The summed E-state index contributed by atoms with van der Waals surface area (Å²) in [6.07, 6.45) is 0. The fourth-order valence-corrected chi connectivity index (χ4v) is 3.51. The molecule has 0 saturated heterocycles. The highest BCUT2D eigenvalue weighted by atomic mass is 32.2. The number of hydrogen-bond donors (Lipinski definition) is 5. The van der Waals surface area contributed by atoms with Gasteiger partial charge in [-0.25, -0.2) is 13.6 Å². The Hall–Kier alpha value is -3.44. The predicted molar refractivity (Wildman–Crippen MR) is 108 cm³/mol. The Morgan fingerprint density at radius 1 is 1.21 bits per heavy atom. The number of phenolic OH excluding ortho intramolecular Hbond substituents is 1. The molecule has 2 aromatic carbocycles. The Labute approximate surface area is 166 Å². The zero-order valence-electron chi connectivity index (χ0n) is 15.6. The van der Waals surface area contributed by atoms with E-state index in [1.54, 1.807) is 25.1 Å². The number of H-pyrrole nitrogens is 1. The first-order chi connectivity index (χ1) is 13.5. The maximum Gasteiger partial charge on any atom is 0.221 e. The summed E-state index contributed by atoms with van der Waals surface area (Å²) in [6.45, 7) is 3.10. The molecule has 0 aliphatic rings. The van der Waals surface area contributed by atoms with Crippen LogP contribution >= 0.6 is 0 Å². The number of aromatic amines is 1. The van der Waals surface area contributed by atoms with Crippen LogP contribution in [0.2, 0.25) is 0 Å². The minimum absolute atomic E-state index is 0.0636. The van der Waals surface area contributed by atoms with Gasteiger partial charge in [0.25, 0.3) is 0 Å². The molecule has 0 spiro atoms. The van der Waals surface area contributed by atoms with Gasteiger partial charge in [0, 0.05) is 18.4 Å². The van der Waals surface area contributed by atoms with Crippen molar-refractivity contribution in [2.45, 2.75) is 19.6 Å². The van der Waals surface area contributed by atoms with Gasteiger partial charge in [-0.1, -0.05) is 17.7 Å². The molecule has 3 aromatic rings. The van der Waals surface area contributed by atoms with E-state index in [4.69, 9.17) is 5.14 Å². The smallest absolute Gasteiger partial charge is 0.221 e. The minimum Gasteiger partial charge on any atom is -0.506 e. The van der Waals surface area contributed by atoms with Crippen LogP contribution in [-0.2, 0) is 20.6 Å². The van der Waals surface area contributed by atoms with Crippen molar-refractivity contribution in [2.75, 3.05) is 5.32 Å². The zero-order chi connectivity index (χ0) is 21.3. The number of phenols is 1. The number of nitrogens with two attached hydrogens (primary N) is 1. The fraction of sp³-hybridized carbons (Fsp3) is 0.167. The van der Waals surface area contributed by atoms with Crippen LogP contribution in [0, 0.1) is 6.92 Å². The number of anilines is 1. The van der Waals surface area contributed by atoms with Crippen LogP contribution in [0.15, 0.2) is 40.6 Å². The van der Waals surface area contributed by atoms with Crippen molar-refractivity contribution in [3.63, 3.8) is 0 Å². The normalized spacial score (nSPS) is 12.0. The monoisotopic (exact) mass is 417 g/mol. The molecule has 0 fully saturated rings. The second-order valence-corrected chi connectivity index (χ2v) is 8.17. The van der Waals surface area contributed by atoms with Crippen molar-refractivity contribution >= 4 is 43.9 Å². The number of aromatic nitrogens is 1. The van der Waals surface area contributed by atoms with Crippen molar-refractivity contribution in [3.05, 3.63) is 41.5 Å². The summed E-state index contributed by atoms with van der Waals surface area (Å²) in [5.41, 5.74) is 2.05. The summed E-state index contributed by atoms with van der Waals surface area (Å²) in [5, 5.41) is 36.3. The minimum atomic E-state index is -3.78. The number of primary sulfonamides is 1. The Bertz CT molecular complexity index is 1250. The van der Waals surface area contributed by atoms with E-state index in [0.717, 1.165) is 5.56 Å². The number of amides is 1. The number of aromatic hydroxyl groups is 2. The van der Waals surface area contributed by atoms with Gasteiger partial charge >= 0.3 is 0 Å². The number of carbonyl (C=O) groups excluding carboxylic acids is 1. The van der Waals surface area contributed by atoms with Crippen molar-refractivity contribution in [1.29, 1.82) is 0 Å². The molecule has 3 rings (SSSR count). The van der Waals surface area contributed by atoms with Gasteiger partial charge in [0.1, 0.15) is 5.75 Å². The lowest BCUT2D eigenvalue weighted by Gasteiger charge is -2.06. The standard InChI is InChI=1S/C18H19N5O5S/c1-9-3-4-13(11(5-9)8-29(19,27)28)22-23-17-12-6-15(20-10(2)24)16(25)7-14(12)21-18(17)26/h3-7,21,25-26H,8H2,1-2H3,(H,20,24)(H2,19,27,28). The Balaban J connectivity index is 2.07. The number of fused-ring (bicyclic) bond motifs is 1. The summed E-state index contributed by atoms with van der Waals surface area (Å²) >= 11 is 0. The molecule has 0 saturated carbocycles. The van der Waals surface area contributed by atoms with E-state index in [-0.39, 0.29) is 34.6 Å². The molecule has 0 aliphatic heterocycles. The highest BCUT2D eigenvalue weighted by Gasteiger charge is 2.15. The van der Waals surface area contributed by atoms with Crippen molar-refractivity contribution < 1.29 is 23.4 Å². The molecule has 1 amide bonds. The number of nitrogens with one attached hydrogen (secondary N) is 2. The number of sulfonamides is 1. The average molecular weight is 417 g/mol. The van der Waals surface area contributed by atoms with E-state index >= 15 is 0 Å². The Kier molecular flexibility index (Phi) is 5.27. The van der Waals surface area contributed by atoms with Gasteiger partial charge in [-0.15, -0.1) is 5.11 Å². The molecule has 1 heterocycles. The highest BCUT2D eigenvalue weighted by Crippen LogP contribution is 2.40. The van der Waals surface area contributed by atoms with Crippen LogP contribution in [0.5, 0.6) is 11.6 Å². The van der Waals surface area contributed by atoms with Crippen LogP contribution in [0.1, 0.15) is 18.1 Å². The van der Waals surface area contributed by atoms with Crippen LogP contribution in [0.25, 0.3) is 10.9 Å². The maximum absolute atomic E-state index is 11.5. The van der Waals surface area contributed by atoms with E-state index in [2.05, 4.69) is 20.5 Å². The lowest BCUT2D eigenvalue weighted by molar-refractivity contribution is -0.114. The highest BCUT2D eigenvalue weighted by molar-refractivity contribution is 7.88. The van der Waals surface area contributed by atoms with Crippen LogP contribution in [-0.4, -0.2) is 29.5 Å². The molecular weight excluding hydrogens is 398 g/mol. The van der Waals surface area contributed by atoms with E-state index in [1.165, 1.54) is 19.1 Å². The third-order valence-electron chi connectivity index (χ3n) is 4.03. The first kappa shape index (κ1) is 20.3. The molecule has 6 N–H and O–H groups in total. The molecule has 29 heavy (non-hydrogen) atoms. The number of hydrogen-bond acceptors (Lipinski definition) is 7. The van der Waals surface area contributed by atoms with E-state index in [9.17, 15) is 23.4 Å². The summed E-state index contributed by atoms with van der Waals surface area (Å²) < 4.78 is 23.0. The Morgan fingerprint density at radius 2 is 1.93 bits per heavy atom. The molecule has 11 heteroatoms. The van der Waals surface area contributed by atoms with Gasteiger partial charge in [-0.3, -0.25) is 4.79 Å². The summed E-state index contributed by atoms with van der Waals surface area (Å²) in [6, 6.07) is 7.75. The van der Waals surface area contributed by atoms with E-state index < -0.39 is 15.8 Å². The first-order valence-electron chi connectivity index (χ1n) is 8.40. The number of nitrogens with zero attached hydrogens (tertiary/aromatic N) is 2. The fourth-order valence-electron chi connectivity index (χ4n) is 2.84. The van der Waals surface area contributed by atoms with Gasteiger partial charge in [0.05, 0.1) is 22.6 Å². The van der Waals surface area contributed by atoms with Gasteiger partial charge in [0.2, 0.25) is 21.8 Å². The summed E-state index contributed by atoms with van der Waals surface area (Å²) in [5.74, 6) is -1.28. The topological polar surface area (TPSA) is 170 Å². The summed E-state index contributed by atoms with van der Waals surface area (Å²) in [7, 11) is -3.78. The number of rotatable bonds is 5. The van der Waals surface area contributed by atoms with E-state index in [1.807, 2.05) is 0 Å². The van der Waals surface area contributed by atoms with Gasteiger partial charge in [0.15, 0.2) is 5.69 Å². The third kappa shape index (κ3) is 4.70. The third-order valence-corrected chi connectivity index (χ3v) is 4.74. The van der Waals surface area contributed by atoms with Crippen molar-refractivity contribution in [3.8, 4) is 11.6 Å². The second-order valence-electron chi connectivity index (χ2n) is 6.56. The van der Waals surface area contributed by atoms with Gasteiger partial charge in [-0.05, 0) is 24.6 Å². The lowest BCUT2D eigenvalue weighted by Crippen LogP contribution is -2.14. The molecule has 10 nitrogen and oxygen atoms in total. The zero-order valence-corrected chi connectivity index (χ0v) is 16.4. The number of azo groups is 1. The van der Waals surface area contributed by atoms with Crippen molar-refractivity contribution in [2.24, 2.45) is 15.4 Å². The predicted octanol–water partition coefficient (Wildman–Crippen LogP) is 3.05.